The van der Waals surface area contributed by atoms with Crippen LogP contribution in [-0.4, -0.2) is 6.54 Å². The molecule has 106 valence electrons. The fourth-order valence-corrected chi connectivity index (χ4v) is 3.03. The second-order valence-corrected chi connectivity index (χ2v) is 6.28. The molecule has 0 radical (unpaired) electrons. The van der Waals surface area contributed by atoms with E-state index in [1.165, 1.54) is 22.3 Å². The van der Waals surface area contributed by atoms with Crippen LogP contribution in [0, 0.1) is 13.8 Å². The van der Waals surface area contributed by atoms with Crippen LogP contribution in [0.5, 0.6) is 0 Å². The van der Waals surface area contributed by atoms with Crippen molar-refractivity contribution in [2.75, 3.05) is 6.54 Å². The molecular weight excluding hydrogens is 310 g/mol. The molecule has 2 heteroatoms. The molecule has 0 aromatic heterocycles. The molecule has 0 aliphatic heterocycles. The normalized spacial score (nSPS) is 12.4. The predicted molar refractivity (Wildman–Crippen MR) is 90.2 cm³/mol. The summed E-state index contributed by atoms with van der Waals surface area (Å²) in [4.78, 5) is 0. The van der Waals surface area contributed by atoms with Crippen LogP contribution in [-0.2, 0) is 0 Å². The first-order chi connectivity index (χ1) is 9.60. The summed E-state index contributed by atoms with van der Waals surface area (Å²) in [5.74, 6) is 0. The van der Waals surface area contributed by atoms with Gasteiger partial charge in [-0.15, -0.1) is 0 Å². The van der Waals surface area contributed by atoms with Gasteiger partial charge in [0.15, 0.2) is 0 Å². The van der Waals surface area contributed by atoms with Crippen molar-refractivity contribution in [3.05, 3.63) is 69.2 Å². The number of aryl methyl sites for hydroxylation is 2. The third-order valence-electron chi connectivity index (χ3n) is 3.41. The van der Waals surface area contributed by atoms with Crippen LogP contribution in [0.1, 0.15) is 41.6 Å². The van der Waals surface area contributed by atoms with Crippen LogP contribution in [0.15, 0.2) is 46.9 Å². The molecule has 0 spiro atoms. The molecule has 0 bridgehead atoms. The van der Waals surface area contributed by atoms with E-state index >= 15 is 0 Å². The van der Waals surface area contributed by atoms with Crippen LogP contribution < -0.4 is 5.32 Å². The van der Waals surface area contributed by atoms with Crippen molar-refractivity contribution in [2.45, 2.75) is 33.2 Å². The molecule has 0 saturated heterocycles. The Morgan fingerprint density at radius 1 is 0.950 bits per heavy atom. The van der Waals surface area contributed by atoms with Gasteiger partial charge in [0.1, 0.15) is 0 Å². The molecule has 1 atom stereocenters. The molecule has 0 amide bonds. The number of halogens is 1. The summed E-state index contributed by atoms with van der Waals surface area (Å²) >= 11 is 3.61. The SMILES string of the molecule is CCCNC(c1ccc(C)cc1)c1cc(C)cc(Br)c1. The van der Waals surface area contributed by atoms with E-state index in [1.54, 1.807) is 0 Å². The smallest absolute Gasteiger partial charge is 0.0577 e. The fraction of sp³-hybridized carbons (Fsp3) is 0.333. The number of hydrogen-bond donors (Lipinski definition) is 1. The maximum Gasteiger partial charge on any atom is 0.0577 e. The highest BCUT2D eigenvalue weighted by Crippen LogP contribution is 2.26. The third kappa shape index (κ3) is 3.94. The lowest BCUT2D eigenvalue weighted by molar-refractivity contribution is 0.598. The minimum atomic E-state index is 0.256. The first kappa shape index (κ1) is 15.3. The second-order valence-electron chi connectivity index (χ2n) is 5.36. The lowest BCUT2D eigenvalue weighted by Crippen LogP contribution is -2.23. The highest BCUT2D eigenvalue weighted by atomic mass is 79.9. The highest BCUT2D eigenvalue weighted by Gasteiger charge is 2.14. The molecule has 0 aliphatic carbocycles. The Hall–Kier alpha value is -1.12. The van der Waals surface area contributed by atoms with Gasteiger partial charge in [-0.1, -0.05) is 58.7 Å². The first-order valence-electron chi connectivity index (χ1n) is 7.17. The number of nitrogens with one attached hydrogen (secondary N) is 1. The van der Waals surface area contributed by atoms with Gasteiger partial charge in [0.05, 0.1) is 6.04 Å². The van der Waals surface area contributed by atoms with Gasteiger partial charge in [-0.3, -0.25) is 0 Å². The van der Waals surface area contributed by atoms with Gasteiger partial charge >= 0.3 is 0 Å². The van der Waals surface area contributed by atoms with Crippen molar-refractivity contribution < 1.29 is 0 Å². The Labute approximate surface area is 130 Å². The fourth-order valence-electron chi connectivity index (χ4n) is 2.41. The molecule has 0 aliphatic rings. The van der Waals surface area contributed by atoms with Crippen molar-refractivity contribution in [2.24, 2.45) is 0 Å². The Morgan fingerprint density at radius 2 is 1.65 bits per heavy atom. The zero-order chi connectivity index (χ0) is 14.5. The monoisotopic (exact) mass is 331 g/mol. The molecule has 2 rings (SSSR count). The molecular formula is C18H22BrN. The molecule has 2 aromatic rings. The van der Waals surface area contributed by atoms with Crippen molar-refractivity contribution in [1.82, 2.24) is 5.32 Å². The van der Waals surface area contributed by atoms with E-state index in [2.05, 4.69) is 84.5 Å². The minimum absolute atomic E-state index is 0.256. The average Bonchev–Trinajstić information content (AvgIpc) is 2.40. The first-order valence-corrected chi connectivity index (χ1v) is 7.96. The summed E-state index contributed by atoms with van der Waals surface area (Å²) < 4.78 is 1.14. The second kappa shape index (κ2) is 7.05. The van der Waals surface area contributed by atoms with Gasteiger partial charge in [0, 0.05) is 4.47 Å². The van der Waals surface area contributed by atoms with Crippen LogP contribution in [0.2, 0.25) is 0 Å². The Kier molecular flexibility index (Phi) is 5.38. The van der Waals surface area contributed by atoms with E-state index in [9.17, 15) is 0 Å². The lowest BCUT2D eigenvalue weighted by atomic mass is 9.96. The molecule has 0 saturated carbocycles. The largest absolute Gasteiger partial charge is 0.306 e. The third-order valence-corrected chi connectivity index (χ3v) is 3.86. The van der Waals surface area contributed by atoms with E-state index in [4.69, 9.17) is 0 Å². The van der Waals surface area contributed by atoms with Crippen LogP contribution >= 0.6 is 15.9 Å². The maximum atomic E-state index is 3.66. The van der Waals surface area contributed by atoms with Crippen molar-refractivity contribution in [1.29, 1.82) is 0 Å². The van der Waals surface area contributed by atoms with Gasteiger partial charge in [0.25, 0.3) is 0 Å². The predicted octanol–water partition coefficient (Wildman–Crippen LogP) is 5.15. The zero-order valence-electron chi connectivity index (χ0n) is 12.4. The van der Waals surface area contributed by atoms with Crippen LogP contribution in [0.3, 0.4) is 0 Å². The van der Waals surface area contributed by atoms with Crippen molar-refractivity contribution in [3.8, 4) is 0 Å². The van der Waals surface area contributed by atoms with Crippen LogP contribution in [0.4, 0.5) is 0 Å². The van der Waals surface area contributed by atoms with Gasteiger partial charge in [-0.2, -0.15) is 0 Å². The Balaban J connectivity index is 2.38. The summed E-state index contributed by atoms with van der Waals surface area (Å²) in [5.41, 5.74) is 5.22. The molecule has 20 heavy (non-hydrogen) atoms. The summed E-state index contributed by atoms with van der Waals surface area (Å²) in [6.07, 6.45) is 1.13. The molecule has 1 N–H and O–H groups in total. The van der Waals surface area contributed by atoms with Gasteiger partial charge < -0.3 is 5.32 Å². The Bertz CT molecular complexity index is 540. The van der Waals surface area contributed by atoms with Crippen molar-refractivity contribution in [3.63, 3.8) is 0 Å². The average molecular weight is 332 g/mol. The standard InChI is InChI=1S/C18H22BrN/c1-4-9-20-18(15-7-5-13(2)6-8-15)16-10-14(3)11-17(19)12-16/h5-8,10-12,18,20H,4,9H2,1-3H3. The molecule has 0 heterocycles. The Morgan fingerprint density at radius 3 is 2.25 bits per heavy atom. The molecule has 1 nitrogen and oxygen atoms in total. The van der Waals surface area contributed by atoms with Gasteiger partial charge in [-0.05, 0) is 55.6 Å². The van der Waals surface area contributed by atoms with Crippen LogP contribution in [0.25, 0.3) is 0 Å². The van der Waals surface area contributed by atoms with E-state index in [1.807, 2.05) is 0 Å². The summed E-state index contributed by atoms with van der Waals surface area (Å²) in [6.45, 7) is 7.48. The van der Waals surface area contributed by atoms with Crippen molar-refractivity contribution >= 4 is 15.9 Å². The highest BCUT2D eigenvalue weighted by molar-refractivity contribution is 9.10. The van der Waals surface area contributed by atoms with E-state index in [-0.39, 0.29) is 6.04 Å². The number of rotatable bonds is 5. The summed E-state index contributed by atoms with van der Waals surface area (Å²) in [6, 6.07) is 15.7. The molecule has 2 aromatic carbocycles. The van der Waals surface area contributed by atoms with E-state index in [0.29, 0.717) is 0 Å². The quantitative estimate of drug-likeness (QED) is 0.798. The maximum absolute atomic E-state index is 3.66. The van der Waals surface area contributed by atoms with E-state index in [0.717, 1.165) is 17.4 Å². The minimum Gasteiger partial charge on any atom is -0.306 e. The topological polar surface area (TPSA) is 12.0 Å². The van der Waals surface area contributed by atoms with Gasteiger partial charge in [-0.25, -0.2) is 0 Å². The number of benzene rings is 2. The van der Waals surface area contributed by atoms with Gasteiger partial charge in [0.2, 0.25) is 0 Å². The molecule has 0 fully saturated rings. The molecule has 1 unspecified atom stereocenters. The van der Waals surface area contributed by atoms with E-state index < -0.39 is 0 Å². The zero-order valence-corrected chi connectivity index (χ0v) is 14.0. The summed E-state index contributed by atoms with van der Waals surface area (Å²) in [7, 11) is 0. The lowest BCUT2D eigenvalue weighted by Gasteiger charge is -2.20. The summed E-state index contributed by atoms with van der Waals surface area (Å²) in [5, 5.41) is 3.66. The number of hydrogen-bond acceptors (Lipinski definition) is 1.